The van der Waals surface area contributed by atoms with Crippen molar-refractivity contribution in [3.63, 3.8) is 0 Å². The Balaban J connectivity index is 1.65. The summed E-state index contributed by atoms with van der Waals surface area (Å²) >= 11 is 0. The molecule has 2 aromatic heterocycles. The number of H-pyrrole nitrogens is 1. The van der Waals surface area contributed by atoms with Crippen molar-refractivity contribution < 1.29 is 4.39 Å². The Labute approximate surface area is 126 Å². The largest absolute Gasteiger partial charge is 0.335 e. The summed E-state index contributed by atoms with van der Waals surface area (Å²) in [7, 11) is 0. The zero-order chi connectivity index (χ0) is 14.9. The number of halogens is 1. The highest BCUT2D eigenvalue weighted by atomic mass is 19.1. The molecule has 0 amide bonds. The van der Waals surface area contributed by atoms with E-state index in [1.807, 2.05) is 11.1 Å². The molecular weight excluding hydrogens is 283 g/mol. The molecule has 0 bridgehead atoms. The maximum atomic E-state index is 13.4. The van der Waals surface area contributed by atoms with Gasteiger partial charge in [-0.3, -0.25) is 5.10 Å². The second-order valence-electron chi connectivity index (χ2n) is 5.20. The Bertz CT molecular complexity index is 815. The standard InChI is InChI=1S/C15H13FN6/c16-12-3-1-2-10(6-12)14-8-18-21-15(19-14)22-5-4-13-11(9-22)7-17-20-13/h1-3,6-8H,4-5,9H2,(H,17,20). The van der Waals surface area contributed by atoms with E-state index in [-0.39, 0.29) is 5.82 Å². The summed E-state index contributed by atoms with van der Waals surface area (Å²) in [6, 6.07) is 6.31. The number of anilines is 1. The molecule has 0 saturated carbocycles. The van der Waals surface area contributed by atoms with E-state index in [1.54, 1.807) is 18.3 Å². The molecule has 110 valence electrons. The molecule has 7 heteroatoms. The van der Waals surface area contributed by atoms with E-state index in [0.29, 0.717) is 23.8 Å². The van der Waals surface area contributed by atoms with Gasteiger partial charge in [-0.1, -0.05) is 12.1 Å². The Kier molecular flexibility index (Phi) is 3.03. The maximum absolute atomic E-state index is 13.4. The van der Waals surface area contributed by atoms with Gasteiger partial charge in [0.1, 0.15) is 5.82 Å². The Morgan fingerprint density at radius 1 is 1.23 bits per heavy atom. The molecule has 22 heavy (non-hydrogen) atoms. The number of rotatable bonds is 2. The number of hydrogen-bond donors (Lipinski definition) is 1. The Morgan fingerprint density at radius 3 is 3.09 bits per heavy atom. The minimum Gasteiger partial charge on any atom is -0.335 e. The monoisotopic (exact) mass is 296 g/mol. The smallest absolute Gasteiger partial charge is 0.246 e. The summed E-state index contributed by atoms with van der Waals surface area (Å²) in [5, 5.41) is 15.2. The third-order valence-corrected chi connectivity index (χ3v) is 3.75. The third kappa shape index (κ3) is 2.30. The summed E-state index contributed by atoms with van der Waals surface area (Å²) in [6.45, 7) is 1.49. The summed E-state index contributed by atoms with van der Waals surface area (Å²) in [6.07, 6.45) is 4.24. The third-order valence-electron chi connectivity index (χ3n) is 3.75. The molecule has 6 nitrogen and oxygen atoms in total. The van der Waals surface area contributed by atoms with Gasteiger partial charge in [-0.25, -0.2) is 9.37 Å². The van der Waals surface area contributed by atoms with Crippen molar-refractivity contribution in [2.24, 2.45) is 0 Å². The van der Waals surface area contributed by atoms with E-state index in [1.165, 1.54) is 12.1 Å². The highest BCUT2D eigenvalue weighted by molar-refractivity contribution is 5.59. The number of aromatic nitrogens is 5. The first-order valence-corrected chi connectivity index (χ1v) is 7.01. The summed E-state index contributed by atoms with van der Waals surface area (Å²) < 4.78 is 13.4. The summed E-state index contributed by atoms with van der Waals surface area (Å²) in [5.41, 5.74) is 3.61. The van der Waals surface area contributed by atoms with Crippen LogP contribution in [0.15, 0.2) is 36.7 Å². The summed E-state index contributed by atoms with van der Waals surface area (Å²) in [5.74, 6) is 0.257. The van der Waals surface area contributed by atoms with Crippen LogP contribution in [0.2, 0.25) is 0 Å². The molecule has 1 aliphatic heterocycles. The van der Waals surface area contributed by atoms with E-state index in [4.69, 9.17) is 0 Å². The number of fused-ring (bicyclic) bond motifs is 1. The average Bonchev–Trinajstić information content (AvgIpc) is 3.02. The van der Waals surface area contributed by atoms with E-state index < -0.39 is 0 Å². The van der Waals surface area contributed by atoms with E-state index in [2.05, 4.69) is 25.4 Å². The van der Waals surface area contributed by atoms with E-state index in [9.17, 15) is 4.39 Å². The maximum Gasteiger partial charge on any atom is 0.246 e. The number of hydrogen-bond acceptors (Lipinski definition) is 5. The number of nitrogens with one attached hydrogen (secondary N) is 1. The fourth-order valence-electron chi connectivity index (χ4n) is 2.61. The molecule has 0 spiro atoms. The molecule has 4 rings (SSSR count). The zero-order valence-corrected chi connectivity index (χ0v) is 11.7. The SMILES string of the molecule is Fc1cccc(-c2cnnc(N3CCc4[nH]ncc4C3)n2)c1. The molecule has 0 aliphatic carbocycles. The first-order chi connectivity index (χ1) is 10.8. The molecule has 1 N–H and O–H groups in total. The summed E-state index contributed by atoms with van der Waals surface area (Å²) in [4.78, 5) is 6.57. The van der Waals surface area contributed by atoms with E-state index >= 15 is 0 Å². The number of aromatic amines is 1. The molecule has 3 aromatic rings. The molecule has 0 radical (unpaired) electrons. The van der Waals surface area contributed by atoms with Crippen molar-refractivity contribution in [2.75, 3.05) is 11.4 Å². The molecule has 0 atom stereocenters. The lowest BCUT2D eigenvalue weighted by molar-refractivity contribution is 0.628. The van der Waals surface area contributed by atoms with Crippen LogP contribution in [0.3, 0.4) is 0 Å². The van der Waals surface area contributed by atoms with Gasteiger partial charge in [0.05, 0.1) is 18.1 Å². The Hall–Kier alpha value is -2.83. The average molecular weight is 296 g/mol. The number of nitrogens with zero attached hydrogens (tertiary/aromatic N) is 5. The lowest BCUT2D eigenvalue weighted by Gasteiger charge is -2.26. The zero-order valence-electron chi connectivity index (χ0n) is 11.7. The minimum absolute atomic E-state index is 0.293. The first-order valence-electron chi connectivity index (χ1n) is 7.01. The van der Waals surface area contributed by atoms with E-state index in [0.717, 1.165) is 24.2 Å². The second-order valence-corrected chi connectivity index (χ2v) is 5.20. The predicted octanol–water partition coefficient (Wildman–Crippen LogP) is 1.96. The van der Waals surface area contributed by atoms with Gasteiger partial charge in [0.25, 0.3) is 0 Å². The minimum atomic E-state index is -0.293. The molecule has 0 unspecified atom stereocenters. The van der Waals surface area contributed by atoms with Crippen molar-refractivity contribution in [3.05, 3.63) is 53.7 Å². The molecule has 1 aliphatic rings. The van der Waals surface area contributed by atoms with Crippen LogP contribution in [-0.2, 0) is 13.0 Å². The first kappa shape index (κ1) is 12.9. The second kappa shape index (κ2) is 5.18. The van der Waals surface area contributed by atoms with Gasteiger partial charge in [-0.2, -0.15) is 10.2 Å². The fraction of sp³-hybridized carbons (Fsp3) is 0.200. The van der Waals surface area contributed by atoms with Gasteiger partial charge in [0.15, 0.2) is 0 Å². The highest BCUT2D eigenvalue weighted by Gasteiger charge is 2.20. The van der Waals surface area contributed by atoms with Crippen molar-refractivity contribution >= 4 is 5.95 Å². The van der Waals surface area contributed by atoms with Crippen LogP contribution in [-0.4, -0.2) is 31.9 Å². The van der Waals surface area contributed by atoms with Crippen molar-refractivity contribution in [1.82, 2.24) is 25.4 Å². The molecule has 0 fully saturated rings. The lowest BCUT2D eigenvalue weighted by Crippen LogP contribution is -2.31. The lowest BCUT2D eigenvalue weighted by atomic mass is 10.1. The molecular formula is C15H13FN6. The van der Waals surface area contributed by atoms with Crippen LogP contribution in [0.1, 0.15) is 11.3 Å². The molecule has 0 saturated heterocycles. The number of benzene rings is 1. The normalized spacial score (nSPS) is 14.0. The van der Waals surface area contributed by atoms with Gasteiger partial charge >= 0.3 is 0 Å². The van der Waals surface area contributed by atoms with Crippen LogP contribution in [0.25, 0.3) is 11.3 Å². The highest BCUT2D eigenvalue weighted by Crippen LogP contribution is 2.22. The Morgan fingerprint density at radius 2 is 2.18 bits per heavy atom. The van der Waals surface area contributed by atoms with Gasteiger partial charge in [-0.05, 0) is 12.1 Å². The quantitative estimate of drug-likeness (QED) is 0.783. The van der Waals surface area contributed by atoms with Crippen molar-refractivity contribution in [1.29, 1.82) is 0 Å². The van der Waals surface area contributed by atoms with Gasteiger partial charge < -0.3 is 4.90 Å². The van der Waals surface area contributed by atoms with Crippen LogP contribution in [0.5, 0.6) is 0 Å². The van der Waals surface area contributed by atoms with Crippen molar-refractivity contribution in [2.45, 2.75) is 13.0 Å². The van der Waals surface area contributed by atoms with Crippen LogP contribution in [0, 0.1) is 5.82 Å². The fourth-order valence-corrected chi connectivity index (χ4v) is 2.61. The van der Waals surface area contributed by atoms with Crippen LogP contribution < -0.4 is 4.90 Å². The van der Waals surface area contributed by atoms with Gasteiger partial charge in [-0.15, -0.1) is 5.10 Å². The molecule has 3 heterocycles. The van der Waals surface area contributed by atoms with Gasteiger partial charge in [0, 0.05) is 36.3 Å². The molecule has 1 aromatic carbocycles. The van der Waals surface area contributed by atoms with Gasteiger partial charge in [0.2, 0.25) is 5.95 Å². The van der Waals surface area contributed by atoms with Crippen molar-refractivity contribution in [3.8, 4) is 11.3 Å². The predicted molar refractivity (Wildman–Crippen MR) is 78.6 cm³/mol. The van der Waals surface area contributed by atoms with Crippen LogP contribution >= 0.6 is 0 Å². The topological polar surface area (TPSA) is 70.6 Å². The van der Waals surface area contributed by atoms with Crippen LogP contribution in [0.4, 0.5) is 10.3 Å².